The zero-order valence-electron chi connectivity index (χ0n) is 16.7. The van der Waals surface area contributed by atoms with Crippen LogP contribution < -0.4 is 10.2 Å². The van der Waals surface area contributed by atoms with Gasteiger partial charge in [0.25, 0.3) is 5.91 Å². The Morgan fingerprint density at radius 1 is 1.07 bits per heavy atom. The van der Waals surface area contributed by atoms with Crippen molar-refractivity contribution in [2.45, 2.75) is 19.4 Å². The van der Waals surface area contributed by atoms with Crippen molar-refractivity contribution in [1.82, 2.24) is 4.98 Å². The maximum atomic E-state index is 13.3. The van der Waals surface area contributed by atoms with Gasteiger partial charge in [-0.2, -0.15) is 0 Å². The van der Waals surface area contributed by atoms with Crippen LogP contribution in [-0.4, -0.2) is 28.6 Å². The molecule has 30 heavy (non-hydrogen) atoms. The zero-order valence-corrected chi connectivity index (χ0v) is 16.7. The minimum absolute atomic E-state index is 0.102. The molecular formula is C25H23N3O2. The lowest BCUT2D eigenvalue weighted by Crippen LogP contribution is -2.32. The number of phenolic OH excluding ortho intramolecular Hbond substituents is 1. The van der Waals surface area contributed by atoms with Crippen LogP contribution in [-0.2, 0) is 0 Å². The van der Waals surface area contributed by atoms with Crippen LogP contribution in [0.15, 0.2) is 72.9 Å². The highest BCUT2D eigenvalue weighted by Gasteiger charge is 2.24. The third kappa shape index (κ3) is 3.18. The molecular weight excluding hydrogens is 374 g/mol. The number of rotatable bonds is 2. The maximum absolute atomic E-state index is 13.3. The Morgan fingerprint density at radius 2 is 1.93 bits per heavy atom. The van der Waals surface area contributed by atoms with E-state index < -0.39 is 0 Å². The van der Waals surface area contributed by atoms with Crippen molar-refractivity contribution in [2.24, 2.45) is 0 Å². The Bertz CT molecular complexity index is 1240. The molecule has 3 aromatic carbocycles. The molecule has 1 amide bonds. The van der Waals surface area contributed by atoms with Gasteiger partial charge in [0, 0.05) is 35.4 Å². The number of H-pyrrole nitrogens is 1. The molecule has 0 saturated heterocycles. The van der Waals surface area contributed by atoms with Gasteiger partial charge in [0.15, 0.2) is 0 Å². The molecule has 1 unspecified atom stereocenters. The number of aromatic amines is 1. The molecule has 1 aliphatic rings. The number of hydrogen-bond acceptors (Lipinski definition) is 3. The Labute approximate surface area is 175 Å². The number of carbonyl (C=O) groups excluding carboxylic acids is 1. The summed E-state index contributed by atoms with van der Waals surface area (Å²) < 4.78 is 0. The van der Waals surface area contributed by atoms with E-state index in [0.717, 1.165) is 34.3 Å². The Balaban J connectivity index is 1.49. The number of fused-ring (bicyclic) bond motifs is 2. The Kier molecular flexibility index (Phi) is 4.43. The van der Waals surface area contributed by atoms with E-state index in [1.165, 1.54) is 0 Å². The summed E-state index contributed by atoms with van der Waals surface area (Å²) in [7, 11) is 0. The number of benzene rings is 3. The average molecular weight is 397 g/mol. The van der Waals surface area contributed by atoms with Crippen LogP contribution in [0.3, 0.4) is 0 Å². The molecule has 5 rings (SSSR count). The summed E-state index contributed by atoms with van der Waals surface area (Å²) >= 11 is 0. The van der Waals surface area contributed by atoms with E-state index in [-0.39, 0.29) is 17.7 Å². The van der Waals surface area contributed by atoms with E-state index in [1.54, 1.807) is 17.0 Å². The van der Waals surface area contributed by atoms with Crippen LogP contribution in [0.25, 0.3) is 22.0 Å². The largest absolute Gasteiger partial charge is 0.507 e. The fraction of sp³-hybridized carbons (Fsp3) is 0.160. The molecule has 2 heterocycles. The van der Waals surface area contributed by atoms with Crippen LogP contribution >= 0.6 is 0 Å². The van der Waals surface area contributed by atoms with Crippen molar-refractivity contribution in [1.29, 1.82) is 0 Å². The van der Waals surface area contributed by atoms with Crippen LogP contribution in [0.1, 0.15) is 23.7 Å². The van der Waals surface area contributed by atoms with Gasteiger partial charge in [-0.1, -0.05) is 18.2 Å². The van der Waals surface area contributed by atoms with Crippen molar-refractivity contribution in [2.75, 3.05) is 16.8 Å². The molecule has 0 bridgehead atoms. The third-order valence-corrected chi connectivity index (χ3v) is 5.74. The second-order valence-electron chi connectivity index (χ2n) is 7.82. The molecule has 0 aliphatic carbocycles. The summed E-state index contributed by atoms with van der Waals surface area (Å²) in [6.07, 6.45) is 2.74. The molecule has 3 N–H and O–H groups in total. The minimum atomic E-state index is -0.110. The van der Waals surface area contributed by atoms with Gasteiger partial charge < -0.3 is 20.3 Å². The summed E-state index contributed by atoms with van der Waals surface area (Å²) in [5.41, 5.74) is 4.97. The van der Waals surface area contributed by atoms with Gasteiger partial charge in [-0.3, -0.25) is 4.79 Å². The molecule has 5 nitrogen and oxygen atoms in total. The fourth-order valence-corrected chi connectivity index (χ4v) is 4.11. The maximum Gasteiger partial charge on any atom is 0.258 e. The Morgan fingerprint density at radius 3 is 2.80 bits per heavy atom. The second kappa shape index (κ2) is 7.26. The molecule has 150 valence electrons. The predicted octanol–water partition coefficient (Wildman–Crippen LogP) is 5.39. The van der Waals surface area contributed by atoms with Crippen LogP contribution in [0, 0.1) is 0 Å². The molecule has 4 aromatic rings. The summed E-state index contributed by atoms with van der Waals surface area (Å²) in [6, 6.07) is 21.3. The predicted molar refractivity (Wildman–Crippen MR) is 121 cm³/mol. The number of para-hydroxylation sites is 2. The quantitative estimate of drug-likeness (QED) is 0.425. The van der Waals surface area contributed by atoms with Crippen molar-refractivity contribution in [3.8, 4) is 16.9 Å². The van der Waals surface area contributed by atoms with Crippen LogP contribution in [0.2, 0.25) is 0 Å². The number of carbonyl (C=O) groups is 1. The average Bonchev–Trinajstić information content (AvgIpc) is 3.15. The van der Waals surface area contributed by atoms with E-state index in [2.05, 4.69) is 17.2 Å². The highest BCUT2D eigenvalue weighted by atomic mass is 16.3. The smallest absolute Gasteiger partial charge is 0.258 e. The number of nitrogens with one attached hydrogen (secondary N) is 2. The molecule has 1 aromatic heterocycles. The van der Waals surface area contributed by atoms with E-state index >= 15 is 0 Å². The highest BCUT2D eigenvalue weighted by Crippen LogP contribution is 2.34. The fourth-order valence-electron chi connectivity index (χ4n) is 4.11. The van der Waals surface area contributed by atoms with Crippen molar-refractivity contribution in [3.05, 3.63) is 78.5 Å². The second-order valence-corrected chi connectivity index (χ2v) is 7.82. The standard InChI is InChI=1S/C25H23N3O2/c1-16-11-13-28(23-5-3-2-4-22(23)27-16)25(30)19-6-8-20(24(29)15-19)17-7-9-21-18(14-17)10-12-26-21/h2-10,12,14-16,26-27,29H,11,13H2,1H3. The number of aromatic nitrogens is 1. The molecule has 1 atom stereocenters. The van der Waals surface area contributed by atoms with Crippen molar-refractivity contribution in [3.63, 3.8) is 0 Å². The van der Waals surface area contributed by atoms with Gasteiger partial charge in [0.05, 0.1) is 11.4 Å². The van der Waals surface area contributed by atoms with Gasteiger partial charge in [0.1, 0.15) is 5.75 Å². The summed E-state index contributed by atoms with van der Waals surface area (Å²) in [4.78, 5) is 18.3. The summed E-state index contributed by atoms with van der Waals surface area (Å²) in [5.74, 6) is -0.00776. The van der Waals surface area contributed by atoms with Gasteiger partial charge in [-0.25, -0.2) is 0 Å². The van der Waals surface area contributed by atoms with Gasteiger partial charge in [-0.15, -0.1) is 0 Å². The topological polar surface area (TPSA) is 68.4 Å². The summed E-state index contributed by atoms with van der Waals surface area (Å²) in [6.45, 7) is 2.74. The van der Waals surface area contributed by atoms with Crippen molar-refractivity contribution >= 4 is 28.2 Å². The number of amides is 1. The number of anilines is 2. The first-order valence-electron chi connectivity index (χ1n) is 10.2. The number of phenols is 1. The van der Waals surface area contributed by atoms with Gasteiger partial charge in [-0.05, 0) is 72.8 Å². The first-order chi connectivity index (χ1) is 14.6. The van der Waals surface area contributed by atoms with Gasteiger partial charge in [0.2, 0.25) is 0 Å². The zero-order chi connectivity index (χ0) is 20.7. The molecule has 0 saturated carbocycles. The van der Waals surface area contributed by atoms with Crippen molar-refractivity contribution < 1.29 is 9.90 Å². The van der Waals surface area contributed by atoms with Gasteiger partial charge >= 0.3 is 0 Å². The number of nitrogens with zero attached hydrogens (tertiary/aromatic N) is 1. The van der Waals surface area contributed by atoms with E-state index in [1.807, 2.05) is 60.8 Å². The third-order valence-electron chi connectivity index (χ3n) is 5.74. The van der Waals surface area contributed by atoms with E-state index in [9.17, 15) is 9.90 Å². The Hall–Kier alpha value is -3.73. The molecule has 0 radical (unpaired) electrons. The number of hydrogen-bond donors (Lipinski definition) is 3. The first kappa shape index (κ1) is 18.3. The summed E-state index contributed by atoms with van der Waals surface area (Å²) in [5, 5.41) is 15.3. The minimum Gasteiger partial charge on any atom is -0.507 e. The number of aromatic hydroxyl groups is 1. The molecule has 5 heteroatoms. The lowest BCUT2D eigenvalue weighted by molar-refractivity contribution is 0.0986. The van der Waals surface area contributed by atoms with Crippen LogP contribution in [0.5, 0.6) is 5.75 Å². The molecule has 1 aliphatic heterocycles. The van der Waals surface area contributed by atoms with E-state index in [0.29, 0.717) is 17.7 Å². The normalized spacial score (nSPS) is 16.0. The lowest BCUT2D eigenvalue weighted by Gasteiger charge is -2.22. The molecule has 0 spiro atoms. The lowest BCUT2D eigenvalue weighted by atomic mass is 10.0. The first-order valence-corrected chi connectivity index (χ1v) is 10.2. The highest BCUT2D eigenvalue weighted by molar-refractivity contribution is 6.08. The van der Waals surface area contributed by atoms with Crippen LogP contribution in [0.4, 0.5) is 11.4 Å². The monoisotopic (exact) mass is 397 g/mol. The SMILES string of the molecule is CC1CCN(C(=O)c2ccc(-c3ccc4[nH]ccc4c3)c(O)c2)c2ccccc2N1. The van der Waals surface area contributed by atoms with E-state index in [4.69, 9.17) is 0 Å². The molecule has 0 fully saturated rings.